The zero-order valence-corrected chi connectivity index (χ0v) is 13.0. The summed E-state index contributed by atoms with van der Waals surface area (Å²) < 4.78 is 5.66. The molecule has 0 spiro atoms. The van der Waals surface area contributed by atoms with Crippen molar-refractivity contribution in [2.45, 2.75) is 65.1 Å². The van der Waals surface area contributed by atoms with Crippen LogP contribution in [0.3, 0.4) is 0 Å². The van der Waals surface area contributed by atoms with Crippen LogP contribution in [0.2, 0.25) is 0 Å². The molecule has 1 fully saturated rings. The summed E-state index contributed by atoms with van der Waals surface area (Å²) in [4.78, 5) is 0. The number of aromatic amines is 1. The standard InChI is InChI=1S/C15H27N3O/c1-10(7-12-8-11(2)17-18-12)16-13-9-15(5,19-6)14(13,3)4/h8,10,13,16H,7,9H2,1-6H3,(H,17,18)/t10-,13+,15+/m0/s1. The van der Waals surface area contributed by atoms with Gasteiger partial charge in [-0.2, -0.15) is 5.10 Å². The molecule has 1 heterocycles. The summed E-state index contributed by atoms with van der Waals surface area (Å²) in [5, 5.41) is 11.0. The van der Waals surface area contributed by atoms with Crippen LogP contribution >= 0.6 is 0 Å². The predicted molar refractivity (Wildman–Crippen MR) is 77.2 cm³/mol. The van der Waals surface area contributed by atoms with Gasteiger partial charge in [-0.3, -0.25) is 5.10 Å². The first-order valence-electron chi connectivity index (χ1n) is 7.10. The minimum absolute atomic E-state index is 0.00664. The van der Waals surface area contributed by atoms with Crippen LogP contribution in [0.1, 0.15) is 45.5 Å². The first-order chi connectivity index (χ1) is 8.78. The maximum Gasteiger partial charge on any atom is 0.0731 e. The molecular formula is C15H27N3O. The number of nitrogens with one attached hydrogen (secondary N) is 2. The van der Waals surface area contributed by atoms with Gasteiger partial charge in [0.15, 0.2) is 0 Å². The molecule has 0 aliphatic heterocycles. The van der Waals surface area contributed by atoms with Crippen LogP contribution in [0.5, 0.6) is 0 Å². The SMILES string of the molecule is CO[C@]1(C)C[C@@H](N[C@@H](C)Cc2cc(C)[nH]n2)C1(C)C. The van der Waals surface area contributed by atoms with Crippen molar-refractivity contribution >= 4 is 0 Å². The van der Waals surface area contributed by atoms with Crippen molar-refractivity contribution in [3.63, 3.8) is 0 Å². The Morgan fingerprint density at radius 3 is 2.68 bits per heavy atom. The number of hydrogen-bond donors (Lipinski definition) is 2. The van der Waals surface area contributed by atoms with Crippen molar-refractivity contribution in [3.05, 3.63) is 17.5 Å². The topological polar surface area (TPSA) is 49.9 Å². The molecule has 0 bridgehead atoms. The molecule has 1 aliphatic carbocycles. The van der Waals surface area contributed by atoms with E-state index in [1.165, 1.54) is 0 Å². The van der Waals surface area contributed by atoms with E-state index in [9.17, 15) is 0 Å². The number of H-pyrrole nitrogens is 1. The van der Waals surface area contributed by atoms with Crippen LogP contribution in [0.4, 0.5) is 0 Å². The second-order valence-corrected chi connectivity index (χ2v) is 6.73. The van der Waals surface area contributed by atoms with Crippen molar-refractivity contribution < 1.29 is 4.74 Å². The number of nitrogens with zero attached hydrogens (tertiary/aromatic N) is 1. The van der Waals surface area contributed by atoms with Gasteiger partial charge in [0.1, 0.15) is 0 Å². The first kappa shape index (κ1) is 14.5. The fourth-order valence-corrected chi connectivity index (χ4v) is 3.05. The van der Waals surface area contributed by atoms with Gasteiger partial charge in [0.25, 0.3) is 0 Å². The summed E-state index contributed by atoms with van der Waals surface area (Å²) in [6.07, 6.45) is 2.03. The predicted octanol–water partition coefficient (Wildman–Crippen LogP) is 2.44. The summed E-state index contributed by atoms with van der Waals surface area (Å²) in [6, 6.07) is 3.05. The van der Waals surface area contributed by atoms with Gasteiger partial charge in [0, 0.05) is 36.7 Å². The van der Waals surface area contributed by atoms with Gasteiger partial charge in [-0.05, 0) is 33.3 Å². The van der Waals surface area contributed by atoms with Gasteiger partial charge in [-0.1, -0.05) is 13.8 Å². The number of rotatable bonds is 5. The summed E-state index contributed by atoms with van der Waals surface area (Å²) in [5.74, 6) is 0. The minimum Gasteiger partial charge on any atom is -0.378 e. The molecule has 1 aliphatic rings. The Morgan fingerprint density at radius 2 is 2.21 bits per heavy atom. The van der Waals surface area contributed by atoms with Crippen LogP contribution in [-0.4, -0.2) is 35.0 Å². The summed E-state index contributed by atoms with van der Waals surface area (Å²) in [5.41, 5.74) is 2.41. The van der Waals surface area contributed by atoms with Gasteiger partial charge >= 0.3 is 0 Å². The van der Waals surface area contributed by atoms with Gasteiger partial charge in [0.2, 0.25) is 0 Å². The normalized spacial score (nSPS) is 30.9. The Bertz CT molecular complexity index is 440. The summed E-state index contributed by atoms with van der Waals surface area (Å²) in [6.45, 7) is 11.0. The van der Waals surface area contributed by atoms with Gasteiger partial charge in [-0.25, -0.2) is 0 Å². The molecular weight excluding hydrogens is 238 g/mol. The minimum atomic E-state index is -0.00664. The van der Waals surface area contributed by atoms with Crippen molar-refractivity contribution in [3.8, 4) is 0 Å². The van der Waals surface area contributed by atoms with Crippen molar-refractivity contribution in [1.82, 2.24) is 15.5 Å². The molecule has 0 aromatic carbocycles. The van der Waals surface area contributed by atoms with Crippen LogP contribution in [0.25, 0.3) is 0 Å². The highest BCUT2D eigenvalue weighted by Gasteiger charge is 2.57. The quantitative estimate of drug-likeness (QED) is 0.859. The Hall–Kier alpha value is -0.870. The number of aryl methyl sites for hydroxylation is 1. The molecule has 108 valence electrons. The molecule has 0 radical (unpaired) electrons. The molecule has 0 saturated heterocycles. The Balaban J connectivity index is 1.89. The molecule has 3 atom stereocenters. The van der Waals surface area contributed by atoms with Crippen molar-refractivity contribution in [2.24, 2.45) is 5.41 Å². The third kappa shape index (κ3) is 2.56. The van der Waals surface area contributed by atoms with Gasteiger partial charge < -0.3 is 10.1 Å². The molecule has 4 nitrogen and oxygen atoms in total. The molecule has 1 aromatic rings. The smallest absolute Gasteiger partial charge is 0.0731 e. The Kier molecular flexibility index (Phi) is 3.76. The summed E-state index contributed by atoms with van der Waals surface area (Å²) >= 11 is 0. The van der Waals surface area contributed by atoms with E-state index in [0.29, 0.717) is 12.1 Å². The Labute approximate surface area is 116 Å². The average Bonchev–Trinajstić information content (AvgIpc) is 2.73. The monoisotopic (exact) mass is 265 g/mol. The van der Waals surface area contributed by atoms with Crippen LogP contribution in [0, 0.1) is 12.3 Å². The van der Waals surface area contributed by atoms with E-state index >= 15 is 0 Å². The number of hydrogen-bond acceptors (Lipinski definition) is 3. The molecule has 2 N–H and O–H groups in total. The van der Waals surface area contributed by atoms with Crippen molar-refractivity contribution in [1.29, 1.82) is 0 Å². The lowest BCUT2D eigenvalue weighted by Crippen LogP contribution is -2.69. The number of methoxy groups -OCH3 is 1. The van der Waals surface area contributed by atoms with E-state index in [1.807, 2.05) is 14.0 Å². The molecule has 19 heavy (non-hydrogen) atoms. The molecule has 2 rings (SSSR count). The fourth-order valence-electron chi connectivity index (χ4n) is 3.05. The molecule has 4 heteroatoms. The highest BCUT2D eigenvalue weighted by atomic mass is 16.5. The first-order valence-corrected chi connectivity index (χ1v) is 7.10. The van der Waals surface area contributed by atoms with E-state index < -0.39 is 0 Å². The van der Waals surface area contributed by atoms with Crippen LogP contribution in [-0.2, 0) is 11.2 Å². The zero-order chi connectivity index (χ0) is 14.3. The number of aromatic nitrogens is 2. The highest BCUT2D eigenvalue weighted by molar-refractivity contribution is 5.13. The van der Waals surface area contributed by atoms with Gasteiger partial charge in [0.05, 0.1) is 11.3 Å². The van der Waals surface area contributed by atoms with E-state index in [2.05, 4.69) is 49.3 Å². The zero-order valence-electron chi connectivity index (χ0n) is 13.0. The molecule has 0 amide bonds. The Morgan fingerprint density at radius 1 is 1.53 bits per heavy atom. The van der Waals surface area contributed by atoms with Crippen molar-refractivity contribution in [2.75, 3.05) is 7.11 Å². The third-order valence-electron chi connectivity index (χ3n) is 5.04. The fraction of sp³-hybridized carbons (Fsp3) is 0.800. The maximum atomic E-state index is 5.66. The molecule has 1 aromatic heterocycles. The lowest BCUT2D eigenvalue weighted by molar-refractivity contribution is -0.182. The molecule has 0 unspecified atom stereocenters. The second-order valence-electron chi connectivity index (χ2n) is 6.73. The van der Waals surface area contributed by atoms with E-state index in [4.69, 9.17) is 4.74 Å². The largest absolute Gasteiger partial charge is 0.378 e. The molecule has 1 saturated carbocycles. The third-order valence-corrected chi connectivity index (χ3v) is 5.04. The highest BCUT2D eigenvalue weighted by Crippen LogP contribution is 2.51. The van der Waals surface area contributed by atoms with E-state index in [0.717, 1.165) is 24.2 Å². The van der Waals surface area contributed by atoms with E-state index in [-0.39, 0.29) is 11.0 Å². The summed E-state index contributed by atoms with van der Waals surface area (Å²) in [7, 11) is 1.81. The average molecular weight is 265 g/mol. The van der Waals surface area contributed by atoms with Gasteiger partial charge in [-0.15, -0.1) is 0 Å². The van der Waals surface area contributed by atoms with Crippen LogP contribution in [0.15, 0.2) is 6.07 Å². The second kappa shape index (κ2) is 4.91. The van der Waals surface area contributed by atoms with E-state index in [1.54, 1.807) is 0 Å². The van der Waals surface area contributed by atoms with Crippen LogP contribution < -0.4 is 5.32 Å². The number of ether oxygens (including phenoxy) is 1. The maximum absolute atomic E-state index is 5.66. The lowest BCUT2D eigenvalue weighted by atomic mass is 9.55. The lowest BCUT2D eigenvalue weighted by Gasteiger charge is -2.60.